The van der Waals surface area contributed by atoms with Gasteiger partial charge in [0.2, 0.25) is 0 Å². The second kappa shape index (κ2) is 6.30. The highest BCUT2D eigenvalue weighted by Crippen LogP contribution is 2.41. The maximum Gasteiger partial charge on any atom is 0.392 e. The predicted molar refractivity (Wildman–Crippen MR) is 103 cm³/mol. The largest absolute Gasteiger partial charge is 0.455 e. The zero-order chi connectivity index (χ0) is 19.3. The Balaban J connectivity index is 1.69. The molecule has 2 nitrogen and oxygen atoms in total. The Morgan fingerprint density at radius 1 is 0.929 bits per heavy atom. The quantitative estimate of drug-likeness (QED) is 0.385. The lowest BCUT2D eigenvalue weighted by Crippen LogP contribution is -2.29. The van der Waals surface area contributed by atoms with E-state index in [1.165, 1.54) is 0 Å². The highest BCUT2D eigenvalue weighted by atomic mass is 19.4. The lowest BCUT2D eigenvalue weighted by atomic mass is 9.87. The number of hydrogen-bond acceptors (Lipinski definition) is 1. The van der Waals surface area contributed by atoms with Gasteiger partial charge < -0.3 is 8.98 Å². The standard InChI is InChI=1S/C23H18F3NO/c24-23(25,26)17-10-11-19-16(12-17)13-20(27(19)18-7-2-1-3-8-18)22-14-15-6-4-5-9-21(15)28-22/h1-9,13-14,17H,10-12H2. The van der Waals surface area contributed by atoms with Crippen LogP contribution < -0.4 is 0 Å². The zero-order valence-corrected chi connectivity index (χ0v) is 15.0. The third-order valence-corrected chi connectivity index (χ3v) is 5.54. The van der Waals surface area contributed by atoms with Gasteiger partial charge in [-0.3, -0.25) is 0 Å². The van der Waals surface area contributed by atoms with E-state index in [1.807, 2.05) is 66.7 Å². The number of aromatic nitrogens is 1. The van der Waals surface area contributed by atoms with Crippen LogP contribution in [-0.4, -0.2) is 10.7 Å². The van der Waals surface area contributed by atoms with Gasteiger partial charge in [-0.05, 0) is 55.2 Å². The van der Waals surface area contributed by atoms with E-state index >= 15 is 0 Å². The van der Waals surface area contributed by atoms with Gasteiger partial charge in [0.1, 0.15) is 5.58 Å². The van der Waals surface area contributed by atoms with E-state index in [-0.39, 0.29) is 12.8 Å². The van der Waals surface area contributed by atoms with Crippen molar-refractivity contribution in [2.75, 3.05) is 0 Å². The number of para-hydroxylation sites is 2. The first-order chi connectivity index (χ1) is 13.5. The Morgan fingerprint density at radius 2 is 1.68 bits per heavy atom. The first-order valence-electron chi connectivity index (χ1n) is 9.35. The number of fused-ring (bicyclic) bond motifs is 2. The normalized spacial score (nSPS) is 17.0. The minimum Gasteiger partial charge on any atom is -0.455 e. The highest BCUT2D eigenvalue weighted by Gasteiger charge is 2.42. The molecule has 0 saturated heterocycles. The van der Waals surface area contributed by atoms with Crippen LogP contribution in [0, 0.1) is 5.92 Å². The van der Waals surface area contributed by atoms with Crippen LogP contribution in [0.5, 0.6) is 0 Å². The summed E-state index contributed by atoms with van der Waals surface area (Å²) in [6.45, 7) is 0. The van der Waals surface area contributed by atoms with Gasteiger partial charge >= 0.3 is 6.18 Å². The Bertz CT molecular complexity index is 1100. The van der Waals surface area contributed by atoms with E-state index in [2.05, 4.69) is 4.57 Å². The molecule has 2 heterocycles. The average molecular weight is 381 g/mol. The SMILES string of the molecule is FC(F)(F)C1CCc2c(cc(-c3cc4ccccc4o3)n2-c2ccccc2)C1. The van der Waals surface area contributed by atoms with Crippen LogP contribution in [0.1, 0.15) is 17.7 Å². The van der Waals surface area contributed by atoms with E-state index in [1.54, 1.807) is 0 Å². The number of nitrogens with zero attached hydrogens (tertiary/aromatic N) is 1. The second-order valence-corrected chi connectivity index (χ2v) is 7.30. The monoisotopic (exact) mass is 381 g/mol. The van der Waals surface area contributed by atoms with Crippen molar-refractivity contribution >= 4 is 11.0 Å². The molecule has 0 bridgehead atoms. The maximum absolute atomic E-state index is 13.3. The molecule has 0 aliphatic heterocycles. The fourth-order valence-corrected chi connectivity index (χ4v) is 4.17. The molecule has 1 aliphatic rings. The minimum absolute atomic E-state index is 0.0197. The summed E-state index contributed by atoms with van der Waals surface area (Å²) in [7, 11) is 0. The number of furan rings is 1. The van der Waals surface area contributed by atoms with Crippen LogP contribution in [0.15, 0.2) is 71.1 Å². The van der Waals surface area contributed by atoms with Crippen LogP contribution in [0.2, 0.25) is 0 Å². The molecular formula is C23H18F3NO. The molecule has 1 atom stereocenters. The molecule has 0 N–H and O–H groups in total. The van der Waals surface area contributed by atoms with Gasteiger partial charge in [0.15, 0.2) is 5.76 Å². The first-order valence-corrected chi connectivity index (χ1v) is 9.35. The van der Waals surface area contributed by atoms with Gasteiger partial charge in [-0.1, -0.05) is 36.4 Å². The van der Waals surface area contributed by atoms with Crippen molar-refractivity contribution < 1.29 is 17.6 Å². The molecule has 2 aromatic heterocycles. The van der Waals surface area contributed by atoms with Gasteiger partial charge in [-0.25, -0.2) is 0 Å². The summed E-state index contributed by atoms with van der Waals surface area (Å²) in [6, 6.07) is 21.3. The summed E-state index contributed by atoms with van der Waals surface area (Å²) in [5.41, 5.74) is 4.21. The van der Waals surface area contributed by atoms with E-state index in [0.717, 1.165) is 33.6 Å². The number of halogens is 3. The average Bonchev–Trinajstić information content (AvgIpc) is 3.28. The van der Waals surface area contributed by atoms with Gasteiger partial charge in [-0.15, -0.1) is 0 Å². The van der Waals surface area contributed by atoms with Crippen molar-refractivity contribution in [1.82, 2.24) is 4.57 Å². The lowest BCUT2D eigenvalue weighted by molar-refractivity contribution is -0.177. The summed E-state index contributed by atoms with van der Waals surface area (Å²) >= 11 is 0. The van der Waals surface area contributed by atoms with Gasteiger partial charge in [0, 0.05) is 16.8 Å². The van der Waals surface area contributed by atoms with Crippen molar-refractivity contribution in [2.24, 2.45) is 5.92 Å². The summed E-state index contributed by atoms with van der Waals surface area (Å²) in [4.78, 5) is 0. The van der Waals surface area contributed by atoms with Crippen molar-refractivity contribution in [3.05, 3.63) is 78.0 Å². The molecule has 5 heteroatoms. The van der Waals surface area contributed by atoms with Crippen LogP contribution >= 0.6 is 0 Å². The summed E-state index contributed by atoms with van der Waals surface area (Å²) in [5, 5.41) is 0.976. The Labute approximate surface area is 160 Å². The maximum atomic E-state index is 13.3. The van der Waals surface area contributed by atoms with E-state index in [4.69, 9.17) is 4.42 Å². The van der Waals surface area contributed by atoms with Crippen LogP contribution in [0.4, 0.5) is 13.2 Å². The molecular weight excluding hydrogens is 363 g/mol. The first kappa shape index (κ1) is 17.2. The Kier molecular flexibility index (Phi) is 3.86. The van der Waals surface area contributed by atoms with E-state index in [9.17, 15) is 13.2 Å². The van der Waals surface area contributed by atoms with Gasteiger partial charge in [0.25, 0.3) is 0 Å². The number of rotatable bonds is 2. The predicted octanol–water partition coefficient (Wildman–Crippen LogP) is 6.56. The molecule has 2 aromatic carbocycles. The fourth-order valence-electron chi connectivity index (χ4n) is 4.17. The summed E-state index contributed by atoms with van der Waals surface area (Å²) in [6.07, 6.45) is -3.63. The van der Waals surface area contributed by atoms with Crippen molar-refractivity contribution in [1.29, 1.82) is 0 Å². The molecule has 5 rings (SSSR count). The molecule has 0 spiro atoms. The number of hydrogen-bond donors (Lipinski definition) is 0. The topological polar surface area (TPSA) is 18.1 Å². The third-order valence-electron chi connectivity index (χ3n) is 5.54. The molecule has 0 saturated carbocycles. The molecule has 0 fully saturated rings. The summed E-state index contributed by atoms with van der Waals surface area (Å²) < 4.78 is 48.0. The lowest BCUT2D eigenvalue weighted by Gasteiger charge is -2.26. The van der Waals surface area contributed by atoms with Gasteiger partial charge in [-0.2, -0.15) is 13.2 Å². The molecule has 1 aliphatic carbocycles. The third kappa shape index (κ3) is 2.82. The van der Waals surface area contributed by atoms with E-state index in [0.29, 0.717) is 12.2 Å². The van der Waals surface area contributed by atoms with Crippen LogP contribution in [0.3, 0.4) is 0 Å². The van der Waals surface area contributed by atoms with E-state index < -0.39 is 12.1 Å². The van der Waals surface area contributed by atoms with Crippen molar-refractivity contribution in [3.63, 3.8) is 0 Å². The minimum atomic E-state index is -4.16. The second-order valence-electron chi connectivity index (χ2n) is 7.30. The van der Waals surface area contributed by atoms with Crippen molar-refractivity contribution in [3.8, 4) is 17.1 Å². The van der Waals surface area contributed by atoms with Crippen LogP contribution in [0.25, 0.3) is 28.1 Å². The molecule has 0 amide bonds. The fraction of sp³-hybridized carbons (Fsp3) is 0.217. The van der Waals surface area contributed by atoms with Gasteiger partial charge in [0.05, 0.1) is 11.6 Å². The zero-order valence-electron chi connectivity index (χ0n) is 15.0. The molecule has 1 unspecified atom stereocenters. The molecule has 142 valence electrons. The highest BCUT2D eigenvalue weighted by molar-refractivity contribution is 5.82. The Morgan fingerprint density at radius 3 is 2.43 bits per heavy atom. The molecule has 0 radical (unpaired) electrons. The van der Waals surface area contributed by atoms with Crippen molar-refractivity contribution in [2.45, 2.75) is 25.4 Å². The summed E-state index contributed by atoms with van der Waals surface area (Å²) in [5.74, 6) is -0.613. The number of benzene rings is 2. The molecule has 4 aromatic rings. The molecule has 28 heavy (non-hydrogen) atoms. The van der Waals surface area contributed by atoms with Crippen LogP contribution in [-0.2, 0) is 12.8 Å². The smallest absolute Gasteiger partial charge is 0.392 e. The Hall–Kier alpha value is -2.95. The number of alkyl halides is 3.